The molecular formula is C12H24N2O2. The minimum absolute atomic E-state index is 0.00657. The van der Waals surface area contributed by atoms with Gasteiger partial charge in [-0.3, -0.25) is 4.79 Å². The topological polar surface area (TPSA) is 52.6 Å². The average molecular weight is 228 g/mol. The van der Waals surface area contributed by atoms with Gasteiger partial charge in [-0.25, -0.2) is 0 Å². The summed E-state index contributed by atoms with van der Waals surface area (Å²) in [5.41, 5.74) is 0. The van der Waals surface area contributed by atoms with Crippen LogP contribution in [-0.2, 0) is 4.79 Å². The third-order valence-corrected chi connectivity index (χ3v) is 3.24. The Kier molecular flexibility index (Phi) is 5.77. The summed E-state index contributed by atoms with van der Waals surface area (Å²) >= 11 is 0. The number of nitrogens with one attached hydrogen (secondary N) is 1. The maximum absolute atomic E-state index is 12.1. The molecule has 4 heteroatoms. The van der Waals surface area contributed by atoms with Gasteiger partial charge in [-0.15, -0.1) is 0 Å². The van der Waals surface area contributed by atoms with Crippen LogP contribution in [0.2, 0.25) is 0 Å². The van der Waals surface area contributed by atoms with Crippen LogP contribution in [0.4, 0.5) is 0 Å². The zero-order valence-corrected chi connectivity index (χ0v) is 10.4. The smallest absolute Gasteiger partial charge is 0.227 e. The van der Waals surface area contributed by atoms with Crippen molar-refractivity contribution in [3.8, 4) is 0 Å². The van der Waals surface area contributed by atoms with Crippen molar-refractivity contribution in [1.29, 1.82) is 0 Å². The summed E-state index contributed by atoms with van der Waals surface area (Å²) in [6.45, 7) is 6.51. The van der Waals surface area contributed by atoms with E-state index in [1.54, 1.807) is 0 Å². The third kappa shape index (κ3) is 3.46. The van der Waals surface area contributed by atoms with Crippen LogP contribution in [-0.4, -0.2) is 48.2 Å². The molecule has 0 aliphatic carbocycles. The normalized spacial score (nSPS) is 23.2. The summed E-state index contributed by atoms with van der Waals surface area (Å²) in [5, 5.41) is 12.4. The minimum atomic E-state index is 0.00657. The predicted molar refractivity (Wildman–Crippen MR) is 64.1 cm³/mol. The fourth-order valence-corrected chi connectivity index (χ4v) is 2.21. The molecule has 2 atom stereocenters. The van der Waals surface area contributed by atoms with Gasteiger partial charge in [-0.05, 0) is 25.8 Å². The molecule has 4 nitrogen and oxygen atoms in total. The molecule has 16 heavy (non-hydrogen) atoms. The number of amides is 1. The van der Waals surface area contributed by atoms with Crippen LogP contribution in [0.25, 0.3) is 0 Å². The molecule has 0 aromatic carbocycles. The van der Waals surface area contributed by atoms with Crippen molar-refractivity contribution in [3.05, 3.63) is 0 Å². The molecule has 2 unspecified atom stereocenters. The number of likely N-dealkylation sites (tertiary alicyclic amines) is 1. The second-order valence-electron chi connectivity index (χ2n) is 4.57. The van der Waals surface area contributed by atoms with Gasteiger partial charge in [-0.2, -0.15) is 0 Å². The Morgan fingerprint density at radius 2 is 2.31 bits per heavy atom. The standard InChI is InChI=1S/C12H24N2O2/c1-3-13-8-10(2)12(16)14-7-5-4-6-11(14)9-15/h10-11,13,15H,3-9H2,1-2H3. The number of nitrogens with zero attached hydrogens (tertiary/aromatic N) is 1. The molecule has 0 radical (unpaired) electrons. The van der Waals surface area contributed by atoms with Gasteiger partial charge in [-0.1, -0.05) is 13.8 Å². The molecular weight excluding hydrogens is 204 g/mol. The van der Waals surface area contributed by atoms with E-state index in [1.807, 2.05) is 18.7 Å². The van der Waals surface area contributed by atoms with E-state index in [0.29, 0.717) is 0 Å². The molecule has 1 saturated heterocycles. The number of hydrogen-bond acceptors (Lipinski definition) is 3. The monoisotopic (exact) mass is 228 g/mol. The fraction of sp³-hybridized carbons (Fsp3) is 0.917. The van der Waals surface area contributed by atoms with Gasteiger partial charge in [0.15, 0.2) is 0 Å². The number of aliphatic hydroxyl groups is 1. The van der Waals surface area contributed by atoms with Crippen LogP contribution in [0.1, 0.15) is 33.1 Å². The van der Waals surface area contributed by atoms with Gasteiger partial charge in [0.25, 0.3) is 0 Å². The van der Waals surface area contributed by atoms with Crippen molar-refractivity contribution in [2.45, 2.75) is 39.2 Å². The zero-order valence-electron chi connectivity index (χ0n) is 10.4. The number of hydrogen-bond donors (Lipinski definition) is 2. The van der Waals surface area contributed by atoms with E-state index in [4.69, 9.17) is 0 Å². The quantitative estimate of drug-likeness (QED) is 0.725. The second-order valence-corrected chi connectivity index (χ2v) is 4.57. The van der Waals surface area contributed by atoms with E-state index in [2.05, 4.69) is 5.32 Å². The van der Waals surface area contributed by atoms with Crippen LogP contribution in [0.5, 0.6) is 0 Å². The van der Waals surface area contributed by atoms with Crippen molar-refractivity contribution in [1.82, 2.24) is 10.2 Å². The van der Waals surface area contributed by atoms with Crippen molar-refractivity contribution >= 4 is 5.91 Å². The highest BCUT2D eigenvalue weighted by molar-refractivity contribution is 5.79. The maximum Gasteiger partial charge on any atom is 0.227 e. The molecule has 0 aromatic heterocycles. The van der Waals surface area contributed by atoms with E-state index in [-0.39, 0.29) is 24.5 Å². The summed E-state index contributed by atoms with van der Waals surface area (Å²) in [5.74, 6) is 0.187. The van der Waals surface area contributed by atoms with Gasteiger partial charge < -0.3 is 15.3 Å². The summed E-state index contributed by atoms with van der Waals surface area (Å²) in [4.78, 5) is 14.0. The molecule has 0 bridgehead atoms. The Hall–Kier alpha value is -0.610. The van der Waals surface area contributed by atoms with Crippen LogP contribution in [0, 0.1) is 5.92 Å². The Morgan fingerprint density at radius 3 is 2.94 bits per heavy atom. The molecule has 1 rings (SSSR count). The largest absolute Gasteiger partial charge is 0.394 e. The van der Waals surface area contributed by atoms with Crippen molar-refractivity contribution in [3.63, 3.8) is 0 Å². The SMILES string of the molecule is CCNCC(C)C(=O)N1CCCCC1CO. The van der Waals surface area contributed by atoms with E-state index in [9.17, 15) is 9.90 Å². The number of carbonyl (C=O) groups is 1. The number of carbonyl (C=O) groups excluding carboxylic acids is 1. The van der Waals surface area contributed by atoms with E-state index in [0.717, 1.165) is 38.9 Å². The molecule has 94 valence electrons. The third-order valence-electron chi connectivity index (χ3n) is 3.24. The van der Waals surface area contributed by atoms with E-state index >= 15 is 0 Å². The molecule has 1 amide bonds. The molecule has 1 fully saturated rings. The van der Waals surface area contributed by atoms with Gasteiger partial charge >= 0.3 is 0 Å². The summed E-state index contributed by atoms with van der Waals surface area (Å²) in [7, 11) is 0. The minimum Gasteiger partial charge on any atom is -0.394 e. The molecule has 1 heterocycles. The molecule has 0 spiro atoms. The van der Waals surface area contributed by atoms with Crippen LogP contribution < -0.4 is 5.32 Å². The molecule has 0 aromatic rings. The van der Waals surface area contributed by atoms with E-state index in [1.165, 1.54) is 0 Å². The highest BCUT2D eigenvalue weighted by atomic mass is 16.3. The Bertz CT molecular complexity index is 221. The molecule has 1 aliphatic rings. The summed E-state index contributed by atoms with van der Waals surface area (Å²) in [6, 6.07) is 0.0466. The summed E-state index contributed by atoms with van der Waals surface area (Å²) in [6.07, 6.45) is 3.13. The number of aliphatic hydroxyl groups excluding tert-OH is 1. The lowest BCUT2D eigenvalue weighted by molar-refractivity contribution is -0.139. The van der Waals surface area contributed by atoms with Gasteiger partial charge in [0.2, 0.25) is 5.91 Å². The lowest BCUT2D eigenvalue weighted by atomic mass is 10.00. The van der Waals surface area contributed by atoms with E-state index < -0.39 is 0 Å². The van der Waals surface area contributed by atoms with Crippen LogP contribution in [0.15, 0.2) is 0 Å². The molecule has 0 saturated carbocycles. The first-order valence-corrected chi connectivity index (χ1v) is 6.32. The number of piperidine rings is 1. The predicted octanol–water partition coefficient (Wildman–Crippen LogP) is 0.605. The first-order chi connectivity index (χ1) is 7.70. The second kappa shape index (κ2) is 6.86. The average Bonchev–Trinajstić information content (AvgIpc) is 2.34. The number of rotatable bonds is 5. The highest BCUT2D eigenvalue weighted by Gasteiger charge is 2.28. The molecule has 2 N–H and O–H groups in total. The maximum atomic E-state index is 12.1. The first kappa shape index (κ1) is 13.5. The first-order valence-electron chi connectivity index (χ1n) is 6.32. The summed E-state index contributed by atoms with van der Waals surface area (Å²) < 4.78 is 0. The van der Waals surface area contributed by atoms with Crippen LogP contribution in [0.3, 0.4) is 0 Å². The van der Waals surface area contributed by atoms with Crippen molar-refractivity contribution < 1.29 is 9.90 Å². The zero-order chi connectivity index (χ0) is 12.0. The Balaban J connectivity index is 2.49. The van der Waals surface area contributed by atoms with Crippen molar-refractivity contribution in [2.24, 2.45) is 5.92 Å². The van der Waals surface area contributed by atoms with Crippen LogP contribution >= 0.6 is 0 Å². The highest BCUT2D eigenvalue weighted by Crippen LogP contribution is 2.18. The van der Waals surface area contributed by atoms with Gasteiger partial charge in [0, 0.05) is 19.0 Å². The van der Waals surface area contributed by atoms with Gasteiger partial charge in [0.05, 0.1) is 12.6 Å². The lowest BCUT2D eigenvalue weighted by Crippen LogP contribution is -2.49. The fourth-order valence-electron chi connectivity index (χ4n) is 2.21. The Morgan fingerprint density at radius 1 is 1.56 bits per heavy atom. The van der Waals surface area contributed by atoms with Crippen molar-refractivity contribution in [2.75, 3.05) is 26.2 Å². The lowest BCUT2D eigenvalue weighted by Gasteiger charge is -2.36. The molecule has 1 aliphatic heterocycles. The van der Waals surface area contributed by atoms with Gasteiger partial charge in [0.1, 0.15) is 0 Å². The Labute approximate surface area is 98.0 Å².